The number of aliphatic carboxylic acids is 1. The van der Waals surface area contributed by atoms with Crippen LogP contribution in [0.4, 0.5) is 0 Å². The number of epoxide rings is 1. The van der Waals surface area contributed by atoms with Crippen LogP contribution in [0.3, 0.4) is 0 Å². The van der Waals surface area contributed by atoms with Gasteiger partial charge in [-0.3, -0.25) is 9.59 Å². The van der Waals surface area contributed by atoms with Crippen LogP contribution in [0.25, 0.3) is 0 Å². The topological polar surface area (TPSA) is 87.1 Å². The number of allylic oxidation sites excluding steroid dienone is 2. The van der Waals surface area contributed by atoms with E-state index >= 15 is 0 Å². The number of ether oxygens (including phenoxy) is 1. The lowest BCUT2D eigenvalue weighted by atomic mass is 9.33. The van der Waals surface area contributed by atoms with Gasteiger partial charge in [-0.1, -0.05) is 47.1 Å². The SMILES string of the molecule is CC1(C)C2CC[C@]3(C)C(C(=O)C=C4C5C[C@@](C)(C(=O)O)CC[C@]5(C)CC[C@]43C)[C@@]2(C)[C@@H](O)[C@H]2O[C@H]21. The Bertz CT molecular complexity index is 1050. The molecule has 35 heavy (non-hydrogen) atoms. The van der Waals surface area contributed by atoms with Gasteiger partial charge in [-0.25, -0.2) is 0 Å². The summed E-state index contributed by atoms with van der Waals surface area (Å²) in [5, 5.41) is 21.7. The zero-order valence-electron chi connectivity index (χ0n) is 22.6. The molecule has 5 nitrogen and oxygen atoms in total. The van der Waals surface area contributed by atoms with Crippen LogP contribution in [0, 0.1) is 50.2 Å². The average Bonchev–Trinajstić information content (AvgIpc) is 3.57. The minimum absolute atomic E-state index is 0.0479. The van der Waals surface area contributed by atoms with E-state index in [9.17, 15) is 19.8 Å². The zero-order valence-corrected chi connectivity index (χ0v) is 22.6. The van der Waals surface area contributed by atoms with E-state index in [1.54, 1.807) is 0 Å². The number of carboxylic acid groups (broad SMARTS) is 1. The Morgan fingerprint density at radius 2 is 1.66 bits per heavy atom. The molecule has 6 rings (SSSR count). The van der Waals surface area contributed by atoms with Gasteiger partial charge in [-0.15, -0.1) is 0 Å². The number of carboxylic acids is 1. The number of hydrogen-bond acceptors (Lipinski definition) is 4. The lowest BCUT2D eigenvalue weighted by Gasteiger charge is -2.70. The number of carbonyl (C=O) groups is 2. The molecule has 0 aromatic heterocycles. The fraction of sp³-hybridized carbons (Fsp3) is 0.867. The molecule has 1 aliphatic heterocycles. The molecule has 2 N–H and O–H groups in total. The van der Waals surface area contributed by atoms with Crippen LogP contribution in [-0.2, 0) is 14.3 Å². The van der Waals surface area contributed by atoms with Crippen LogP contribution in [-0.4, -0.2) is 40.3 Å². The van der Waals surface area contributed by atoms with Crippen molar-refractivity contribution >= 4 is 11.8 Å². The van der Waals surface area contributed by atoms with E-state index < -0.39 is 22.9 Å². The van der Waals surface area contributed by atoms with E-state index in [-0.39, 0.29) is 57.4 Å². The molecule has 0 spiro atoms. The van der Waals surface area contributed by atoms with Crippen molar-refractivity contribution in [2.75, 3.05) is 0 Å². The van der Waals surface area contributed by atoms with Crippen molar-refractivity contribution < 1.29 is 24.5 Å². The van der Waals surface area contributed by atoms with Gasteiger partial charge in [0.2, 0.25) is 0 Å². The molecule has 4 saturated carbocycles. The summed E-state index contributed by atoms with van der Waals surface area (Å²) in [7, 11) is 0. The standard InChI is InChI=1S/C30H44O5/c1-25(2)19-8-9-29(6)21(30(19,7)22(32)20-23(25)35-20)18(31)14-16-17-15-27(4,24(33)34)11-10-26(17,3)12-13-28(16,29)5/h14,17,19-23,32H,8-13,15H2,1-7H3,(H,33,34)/t17?,19?,20-,21?,22+,23-,26-,27+,28-,29-,30+/m1/s1. The lowest BCUT2D eigenvalue weighted by Crippen LogP contribution is -2.69. The van der Waals surface area contributed by atoms with Crippen LogP contribution >= 0.6 is 0 Å². The predicted molar refractivity (Wildman–Crippen MR) is 132 cm³/mol. The summed E-state index contributed by atoms with van der Waals surface area (Å²) >= 11 is 0. The number of rotatable bonds is 1. The van der Waals surface area contributed by atoms with E-state index in [1.807, 2.05) is 13.0 Å². The average molecular weight is 485 g/mol. The van der Waals surface area contributed by atoms with Crippen LogP contribution in [0.5, 0.6) is 0 Å². The molecule has 5 aliphatic carbocycles. The van der Waals surface area contributed by atoms with Gasteiger partial charge in [0, 0.05) is 11.3 Å². The third-order valence-electron chi connectivity index (χ3n) is 13.4. The Morgan fingerprint density at radius 3 is 2.31 bits per heavy atom. The Hall–Kier alpha value is -1.20. The quantitative estimate of drug-likeness (QED) is 0.487. The maximum absolute atomic E-state index is 14.3. The molecule has 0 amide bonds. The first kappa shape index (κ1) is 24.2. The minimum atomic E-state index is -0.740. The second kappa shape index (κ2) is 6.62. The summed E-state index contributed by atoms with van der Waals surface area (Å²) in [6.45, 7) is 15.6. The Balaban J connectivity index is 1.49. The van der Waals surface area contributed by atoms with Crippen LogP contribution < -0.4 is 0 Å². The van der Waals surface area contributed by atoms with Gasteiger partial charge in [-0.05, 0) is 91.4 Å². The highest BCUT2D eigenvalue weighted by molar-refractivity contribution is 5.96. The molecule has 1 saturated heterocycles. The number of ketones is 1. The predicted octanol–water partition coefficient (Wildman–Crippen LogP) is 5.40. The number of aliphatic hydroxyl groups is 1. The Kier molecular flexibility index (Phi) is 4.57. The number of aliphatic hydroxyl groups excluding tert-OH is 1. The fourth-order valence-electron chi connectivity index (χ4n) is 10.8. The zero-order chi connectivity index (χ0) is 25.6. The van der Waals surface area contributed by atoms with Crippen molar-refractivity contribution in [3.63, 3.8) is 0 Å². The van der Waals surface area contributed by atoms with E-state index in [0.717, 1.165) is 32.1 Å². The van der Waals surface area contributed by atoms with Gasteiger partial charge in [0.05, 0.1) is 17.6 Å². The third-order valence-corrected chi connectivity index (χ3v) is 13.4. The van der Waals surface area contributed by atoms with Gasteiger partial charge >= 0.3 is 5.97 Å². The molecule has 194 valence electrons. The van der Waals surface area contributed by atoms with Crippen molar-refractivity contribution in [3.05, 3.63) is 11.6 Å². The molecule has 0 aromatic carbocycles. The van der Waals surface area contributed by atoms with Gasteiger partial charge in [-0.2, -0.15) is 0 Å². The largest absolute Gasteiger partial charge is 0.481 e. The minimum Gasteiger partial charge on any atom is -0.481 e. The van der Waals surface area contributed by atoms with E-state index in [0.29, 0.717) is 12.8 Å². The van der Waals surface area contributed by atoms with Crippen molar-refractivity contribution in [1.82, 2.24) is 0 Å². The number of hydrogen-bond donors (Lipinski definition) is 2. The molecule has 5 heteroatoms. The fourth-order valence-corrected chi connectivity index (χ4v) is 10.8. The third kappa shape index (κ3) is 2.63. The normalized spacial score (nSPS) is 58.1. The Morgan fingerprint density at radius 1 is 1.00 bits per heavy atom. The van der Waals surface area contributed by atoms with E-state index in [2.05, 4.69) is 41.5 Å². The first-order valence-electron chi connectivity index (χ1n) is 13.9. The number of carbonyl (C=O) groups excluding carboxylic acids is 1. The maximum atomic E-state index is 14.3. The Labute approximate surface area is 210 Å². The van der Waals surface area contributed by atoms with Crippen molar-refractivity contribution in [1.29, 1.82) is 0 Å². The highest BCUT2D eigenvalue weighted by Gasteiger charge is 2.76. The molecular weight excluding hydrogens is 440 g/mol. The lowest BCUT2D eigenvalue weighted by molar-refractivity contribution is -0.208. The van der Waals surface area contributed by atoms with Gasteiger partial charge in [0.1, 0.15) is 6.10 Å². The van der Waals surface area contributed by atoms with E-state index in [1.165, 1.54) is 5.57 Å². The van der Waals surface area contributed by atoms with Crippen molar-refractivity contribution in [3.8, 4) is 0 Å². The highest BCUT2D eigenvalue weighted by Crippen LogP contribution is 2.76. The molecule has 1 heterocycles. The molecule has 11 atom stereocenters. The molecule has 5 fully saturated rings. The molecular formula is C30H44O5. The summed E-state index contributed by atoms with van der Waals surface area (Å²) < 4.78 is 6.04. The summed E-state index contributed by atoms with van der Waals surface area (Å²) in [4.78, 5) is 26.6. The van der Waals surface area contributed by atoms with Crippen molar-refractivity contribution in [2.45, 2.75) is 112 Å². The first-order valence-corrected chi connectivity index (χ1v) is 13.9. The molecule has 6 aliphatic rings. The van der Waals surface area contributed by atoms with Crippen LogP contribution in [0.15, 0.2) is 11.6 Å². The summed E-state index contributed by atoms with van der Waals surface area (Å²) in [5.41, 5.74) is -0.513. The highest BCUT2D eigenvalue weighted by atomic mass is 16.6. The second-order valence-corrected chi connectivity index (χ2v) is 15.2. The molecule has 0 radical (unpaired) electrons. The first-order chi connectivity index (χ1) is 16.1. The second-order valence-electron chi connectivity index (χ2n) is 15.2. The smallest absolute Gasteiger partial charge is 0.309 e. The van der Waals surface area contributed by atoms with Gasteiger partial charge < -0.3 is 14.9 Å². The summed E-state index contributed by atoms with van der Waals surface area (Å²) in [5.74, 6) is -0.452. The summed E-state index contributed by atoms with van der Waals surface area (Å²) in [6.07, 6.45) is 7.52. The molecule has 0 aromatic rings. The van der Waals surface area contributed by atoms with Crippen LogP contribution in [0.2, 0.25) is 0 Å². The maximum Gasteiger partial charge on any atom is 0.309 e. The van der Waals surface area contributed by atoms with Crippen molar-refractivity contribution in [2.24, 2.45) is 50.2 Å². The monoisotopic (exact) mass is 484 g/mol. The van der Waals surface area contributed by atoms with E-state index in [4.69, 9.17) is 4.74 Å². The van der Waals surface area contributed by atoms with Crippen LogP contribution in [0.1, 0.15) is 93.4 Å². The number of fused-ring (bicyclic) bond motifs is 8. The molecule has 0 bridgehead atoms. The van der Waals surface area contributed by atoms with Gasteiger partial charge in [0.25, 0.3) is 0 Å². The summed E-state index contributed by atoms with van der Waals surface area (Å²) in [6, 6.07) is 0. The molecule has 3 unspecified atom stereocenters. The van der Waals surface area contributed by atoms with Gasteiger partial charge in [0.15, 0.2) is 5.78 Å².